The highest BCUT2D eigenvalue weighted by atomic mass is 16.4. The van der Waals surface area contributed by atoms with Crippen molar-refractivity contribution in [1.82, 2.24) is 10.3 Å². The zero-order valence-electron chi connectivity index (χ0n) is 20.3. The second-order valence-electron chi connectivity index (χ2n) is 8.89. The standard InChI is InChI=1S/C27H30N4O4/c1-15(2)13-22-21(14-29-27(34)35)23(18-7-5-16(3)6-8-18)24(17(4)30-22)31-26(33)20-11-9-19(10-12-20)25(28)32/h5-12,15,29H,13-14H2,1-4H3,(H2,28,32)(H,31,33)(H,34,35). The number of carboxylic acid groups (broad SMARTS) is 1. The number of benzene rings is 2. The number of primary amides is 1. The van der Waals surface area contributed by atoms with E-state index in [0.29, 0.717) is 34.8 Å². The quantitative estimate of drug-likeness (QED) is 0.376. The molecular formula is C27H30N4O4. The Morgan fingerprint density at radius 2 is 1.57 bits per heavy atom. The van der Waals surface area contributed by atoms with E-state index in [1.807, 2.05) is 38.1 Å². The molecule has 0 saturated carbocycles. The third-order valence-electron chi connectivity index (χ3n) is 5.59. The summed E-state index contributed by atoms with van der Waals surface area (Å²) >= 11 is 0. The summed E-state index contributed by atoms with van der Waals surface area (Å²) in [7, 11) is 0. The summed E-state index contributed by atoms with van der Waals surface area (Å²) in [5.74, 6) is -0.663. The maximum absolute atomic E-state index is 13.2. The zero-order valence-corrected chi connectivity index (χ0v) is 20.3. The number of rotatable bonds is 8. The van der Waals surface area contributed by atoms with Gasteiger partial charge in [0.15, 0.2) is 0 Å². The van der Waals surface area contributed by atoms with Gasteiger partial charge in [-0.1, -0.05) is 43.7 Å². The molecule has 0 spiro atoms. The molecule has 5 N–H and O–H groups in total. The van der Waals surface area contributed by atoms with Gasteiger partial charge in [0, 0.05) is 34.5 Å². The van der Waals surface area contributed by atoms with Gasteiger partial charge in [-0.25, -0.2) is 4.79 Å². The molecule has 3 amide bonds. The van der Waals surface area contributed by atoms with E-state index < -0.39 is 12.0 Å². The lowest BCUT2D eigenvalue weighted by Gasteiger charge is -2.22. The van der Waals surface area contributed by atoms with E-state index in [4.69, 9.17) is 10.7 Å². The molecule has 2 aromatic carbocycles. The first kappa shape index (κ1) is 25.4. The highest BCUT2D eigenvalue weighted by Crippen LogP contribution is 2.36. The summed E-state index contributed by atoms with van der Waals surface area (Å²) in [6, 6.07) is 13.9. The Morgan fingerprint density at radius 3 is 2.11 bits per heavy atom. The van der Waals surface area contributed by atoms with Crippen LogP contribution in [0, 0.1) is 19.8 Å². The van der Waals surface area contributed by atoms with Crippen molar-refractivity contribution in [2.75, 3.05) is 5.32 Å². The van der Waals surface area contributed by atoms with Crippen LogP contribution in [0.5, 0.6) is 0 Å². The number of aromatic nitrogens is 1. The van der Waals surface area contributed by atoms with Crippen molar-refractivity contribution in [1.29, 1.82) is 0 Å². The molecule has 35 heavy (non-hydrogen) atoms. The number of pyridine rings is 1. The van der Waals surface area contributed by atoms with Crippen molar-refractivity contribution in [3.63, 3.8) is 0 Å². The maximum atomic E-state index is 13.2. The summed E-state index contributed by atoms with van der Waals surface area (Å²) in [6.07, 6.45) is -0.491. The number of nitrogens with two attached hydrogens (primary N) is 1. The molecule has 0 aliphatic rings. The van der Waals surface area contributed by atoms with Crippen LogP contribution < -0.4 is 16.4 Å². The van der Waals surface area contributed by atoms with Crippen molar-refractivity contribution in [2.24, 2.45) is 11.7 Å². The molecule has 0 bridgehead atoms. The van der Waals surface area contributed by atoms with E-state index in [2.05, 4.69) is 24.5 Å². The van der Waals surface area contributed by atoms with Crippen LogP contribution >= 0.6 is 0 Å². The molecule has 8 heteroatoms. The van der Waals surface area contributed by atoms with Crippen LogP contribution in [0.4, 0.5) is 10.5 Å². The topological polar surface area (TPSA) is 134 Å². The minimum absolute atomic E-state index is 0.0457. The average molecular weight is 475 g/mol. The van der Waals surface area contributed by atoms with Crippen molar-refractivity contribution in [2.45, 2.75) is 40.7 Å². The van der Waals surface area contributed by atoms with Gasteiger partial charge in [-0.15, -0.1) is 0 Å². The Labute approximate surface area is 204 Å². The van der Waals surface area contributed by atoms with E-state index in [1.165, 1.54) is 24.3 Å². The van der Waals surface area contributed by atoms with Gasteiger partial charge in [0.1, 0.15) is 0 Å². The third-order valence-corrected chi connectivity index (χ3v) is 5.59. The molecule has 0 aliphatic carbocycles. The maximum Gasteiger partial charge on any atom is 0.404 e. The third kappa shape index (κ3) is 6.23. The fourth-order valence-electron chi connectivity index (χ4n) is 3.88. The highest BCUT2D eigenvalue weighted by Gasteiger charge is 2.22. The van der Waals surface area contributed by atoms with E-state index in [1.54, 1.807) is 0 Å². The van der Waals surface area contributed by atoms with Crippen LogP contribution in [-0.2, 0) is 13.0 Å². The van der Waals surface area contributed by atoms with Gasteiger partial charge in [-0.3, -0.25) is 14.6 Å². The van der Waals surface area contributed by atoms with Gasteiger partial charge in [0.25, 0.3) is 5.91 Å². The molecule has 0 atom stereocenters. The molecule has 0 fully saturated rings. The Bertz CT molecular complexity index is 1250. The SMILES string of the molecule is Cc1ccc(-c2c(CNC(=O)O)c(CC(C)C)nc(C)c2NC(=O)c2ccc(C(N)=O)cc2)cc1. The van der Waals surface area contributed by atoms with Crippen LogP contribution in [0.2, 0.25) is 0 Å². The molecule has 3 aromatic rings. The normalized spacial score (nSPS) is 10.8. The summed E-state index contributed by atoms with van der Waals surface area (Å²) in [6.45, 7) is 7.99. The number of hydrogen-bond donors (Lipinski definition) is 4. The second kappa shape index (κ2) is 10.8. The van der Waals surface area contributed by atoms with Gasteiger partial charge >= 0.3 is 6.09 Å². The monoisotopic (exact) mass is 474 g/mol. The lowest BCUT2D eigenvalue weighted by Crippen LogP contribution is -2.23. The minimum atomic E-state index is -1.14. The van der Waals surface area contributed by atoms with Gasteiger partial charge < -0.3 is 21.5 Å². The first-order chi connectivity index (χ1) is 16.6. The Balaban J connectivity index is 2.16. The van der Waals surface area contributed by atoms with Crippen LogP contribution in [0.1, 0.15) is 57.1 Å². The van der Waals surface area contributed by atoms with Crippen LogP contribution in [0.25, 0.3) is 11.1 Å². The fraction of sp³-hybridized carbons (Fsp3) is 0.259. The molecule has 0 radical (unpaired) electrons. The summed E-state index contributed by atoms with van der Waals surface area (Å²) in [5.41, 5.74) is 11.2. The zero-order chi connectivity index (χ0) is 25.7. The molecule has 3 rings (SSSR count). The van der Waals surface area contributed by atoms with E-state index in [0.717, 1.165) is 27.9 Å². The number of aryl methyl sites for hydroxylation is 2. The molecule has 1 heterocycles. The predicted molar refractivity (Wildman–Crippen MR) is 135 cm³/mol. The number of nitrogens with zero attached hydrogens (tertiary/aromatic N) is 1. The average Bonchev–Trinajstić information content (AvgIpc) is 2.80. The highest BCUT2D eigenvalue weighted by molar-refractivity contribution is 6.07. The van der Waals surface area contributed by atoms with Gasteiger partial charge in [0.2, 0.25) is 5.91 Å². The number of anilines is 1. The van der Waals surface area contributed by atoms with Gasteiger partial charge in [0.05, 0.1) is 11.4 Å². The van der Waals surface area contributed by atoms with Crippen molar-refractivity contribution < 1.29 is 19.5 Å². The summed E-state index contributed by atoms with van der Waals surface area (Å²) < 4.78 is 0. The molecule has 0 aliphatic heterocycles. The first-order valence-corrected chi connectivity index (χ1v) is 11.3. The Morgan fingerprint density at radius 1 is 0.971 bits per heavy atom. The molecule has 8 nitrogen and oxygen atoms in total. The largest absolute Gasteiger partial charge is 0.465 e. The Kier molecular flexibility index (Phi) is 7.86. The van der Waals surface area contributed by atoms with Crippen LogP contribution in [0.15, 0.2) is 48.5 Å². The number of carbonyl (C=O) groups excluding carboxylic acids is 2. The molecule has 0 unspecified atom stereocenters. The molecular weight excluding hydrogens is 444 g/mol. The molecule has 0 saturated heterocycles. The Hall–Kier alpha value is -4.20. The second-order valence-corrected chi connectivity index (χ2v) is 8.89. The first-order valence-electron chi connectivity index (χ1n) is 11.3. The van der Waals surface area contributed by atoms with E-state index in [9.17, 15) is 19.5 Å². The van der Waals surface area contributed by atoms with E-state index in [-0.39, 0.29) is 12.5 Å². The predicted octanol–water partition coefficient (Wildman–Crippen LogP) is 4.68. The number of carbonyl (C=O) groups is 3. The van der Waals surface area contributed by atoms with Crippen LogP contribution in [0.3, 0.4) is 0 Å². The van der Waals surface area contributed by atoms with E-state index >= 15 is 0 Å². The molecule has 182 valence electrons. The lowest BCUT2D eigenvalue weighted by atomic mass is 9.92. The summed E-state index contributed by atoms with van der Waals surface area (Å²) in [5, 5.41) is 14.7. The number of nitrogens with one attached hydrogen (secondary N) is 2. The summed E-state index contributed by atoms with van der Waals surface area (Å²) in [4.78, 5) is 40.6. The minimum Gasteiger partial charge on any atom is -0.465 e. The van der Waals surface area contributed by atoms with Crippen molar-refractivity contribution in [3.8, 4) is 11.1 Å². The van der Waals surface area contributed by atoms with Gasteiger partial charge in [-0.05, 0) is 56.0 Å². The smallest absolute Gasteiger partial charge is 0.404 e. The van der Waals surface area contributed by atoms with Gasteiger partial charge in [-0.2, -0.15) is 0 Å². The number of amides is 3. The fourth-order valence-corrected chi connectivity index (χ4v) is 3.88. The number of hydrogen-bond acceptors (Lipinski definition) is 4. The van der Waals surface area contributed by atoms with Crippen molar-refractivity contribution in [3.05, 3.63) is 82.2 Å². The lowest BCUT2D eigenvalue weighted by molar-refractivity contribution is 0.0995. The van der Waals surface area contributed by atoms with Crippen molar-refractivity contribution >= 4 is 23.6 Å². The molecule has 1 aromatic heterocycles. The van der Waals surface area contributed by atoms with Crippen LogP contribution in [-0.4, -0.2) is 28.0 Å².